The summed E-state index contributed by atoms with van der Waals surface area (Å²) in [6.45, 7) is 3.77. The normalized spacial score (nSPS) is 10.8. The van der Waals surface area contributed by atoms with Crippen LogP contribution in [-0.2, 0) is 18.9 Å². The average molecular weight is 318 g/mol. The van der Waals surface area contributed by atoms with Gasteiger partial charge in [0.1, 0.15) is 12.4 Å². The van der Waals surface area contributed by atoms with Crippen molar-refractivity contribution in [3.63, 3.8) is 0 Å². The molecule has 1 aromatic carbocycles. The molecule has 0 radical (unpaired) electrons. The predicted octanol–water partition coefficient (Wildman–Crippen LogP) is 1.61. The molecule has 0 spiro atoms. The summed E-state index contributed by atoms with van der Waals surface area (Å²) in [6, 6.07) is 3.86. The van der Waals surface area contributed by atoms with Crippen LogP contribution < -0.4 is 4.74 Å². The number of rotatable bonds is 13. The summed E-state index contributed by atoms with van der Waals surface area (Å²) < 4.78 is 39.0. The van der Waals surface area contributed by atoms with E-state index in [1.165, 1.54) is 12.1 Å². The largest absolute Gasteiger partial charge is 0.505 e. The van der Waals surface area contributed by atoms with E-state index in [2.05, 4.69) is 0 Å². The molecule has 126 valence electrons. The summed E-state index contributed by atoms with van der Waals surface area (Å²) >= 11 is 0. The molecule has 0 aliphatic rings. The average Bonchev–Trinajstić information content (AvgIpc) is 2.52. The molecule has 0 bridgehead atoms. The van der Waals surface area contributed by atoms with E-state index in [4.69, 9.17) is 28.8 Å². The van der Waals surface area contributed by atoms with E-state index < -0.39 is 11.6 Å². The van der Waals surface area contributed by atoms with E-state index in [0.717, 1.165) is 6.07 Å². The molecule has 0 fully saturated rings. The Morgan fingerprint density at radius 3 is 1.95 bits per heavy atom. The highest BCUT2D eigenvalue weighted by Crippen LogP contribution is 2.20. The molecule has 0 heterocycles. The molecule has 0 atom stereocenters. The zero-order valence-electron chi connectivity index (χ0n) is 12.8. The minimum Gasteiger partial charge on any atom is -0.505 e. The van der Waals surface area contributed by atoms with Gasteiger partial charge in [-0.25, -0.2) is 4.39 Å². The van der Waals surface area contributed by atoms with E-state index in [-0.39, 0.29) is 0 Å². The first-order valence-electron chi connectivity index (χ1n) is 7.07. The van der Waals surface area contributed by atoms with Gasteiger partial charge in [-0.2, -0.15) is 0 Å². The Kier molecular flexibility index (Phi) is 10.3. The number of halogens is 1. The third kappa shape index (κ3) is 8.78. The maximum atomic E-state index is 13.0. The van der Waals surface area contributed by atoms with Gasteiger partial charge < -0.3 is 28.8 Å². The fourth-order valence-electron chi connectivity index (χ4n) is 1.48. The number of phenolic OH excluding ortho intramolecular Hbond substituents is 1. The van der Waals surface area contributed by atoms with Gasteiger partial charge in [0.05, 0.1) is 46.2 Å². The van der Waals surface area contributed by atoms with Gasteiger partial charge >= 0.3 is 0 Å². The molecule has 6 nitrogen and oxygen atoms in total. The van der Waals surface area contributed by atoms with Crippen molar-refractivity contribution in [2.24, 2.45) is 0 Å². The predicted molar refractivity (Wildman–Crippen MR) is 77.9 cm³/mol. The fraction of sp³-hybridized carbons (Fsp3) is 0.600. The minimum absolute atomic E-state index is 0.296. The summed E-state index contributed by atoms with van der Waals surface area (Å²) in [5.74, 6) is -0.755. The summed E-state index contributed by atoms with van der Waals surface area (Å²) in [7, 11) is 1.62. The number of aromatic hydroxyl groups is 1. The van der Waals surface area contributed by atoms with Crippen molar-refractivity contribution < 1.29 is 33.2 Å². The lowest BCUT2D eigenvalue weighted by Crippen LogP contribution is -2.13. The molecule has 0 saturated heterocycles. The van der Waals surface area contributed by atoms with Crippen molar-refractivity contribution >= 4 is 0 Å². The van der Waals surface area contributed by atoms with Gasteiger partial charge in [0.2, 0.25) is 0 Å². The Balaban J connectivity index is 1.88. The number of hydrogen-bond acceptors (Lipinski definition) is 6. The van der Waals surface area contributed by atoms with Crippen LogP contribution in [0.4, 0.5) is 4.39 Å². The van der Waals surface area contributed by atoms with Crippen molar-refractivity contribution in [3.8, 4) is 11.5 Å². The van der Waals surface area contributed by atoms with Gasteiger partial charge in [0.15, 0.2) is 11.6 Å². The Labute approximate surface area is 129 Å². The topological polar surface area (TPSA) is 66.4 Å². The van der Waals surface area contributed by atoms with Crippen LogP contribution in [0.15, 0.2) is 18.2 Å². The van der Waals surface area contributed by atoms with E-state index in [0.29, 0.717) is 58.6 Å². The molecule has 22 heavy (non-hydrogen) atoms. The van der Waals surface area contributed by atoms with Gasteiger partial charge in [-0.3, -0.25) is 0 Å². The van der Waals surface area contributed by atoms with Crippen LogP contribution in [0.1, 0.15) is 0 Å². The molecule has 0 aliphatic carbocycles. The molecule has 0 amide bonds. The second-order valence-electron chi connectivity index (χ2n) is 4.29. The number of ether oxygens (including phenoxy) is 5. The molecule has 7 heteroatoms. The van der Waals surface area contributed by atoms with Crippen LogP contribution in [0.3, 0.4) is 0 Å². The van der Waals surface area contributed by atoms with E-state index in [1.807, 2.05) is 0 Å². The summed E-state index contributed by atoms with van der Waals surface area (Å²) in [6.07, 6.45) is 0. The Hall–Kier alpha value is -1.41. The maximum Gasteiger partial charge on any atom is 0.168 e. The standard InChI is InChI=1S/C15H23FO6/c1-18-4-5-19-6-7-20-8-9-21-10-11-22-13-2-3-15(17)14(16)12-13/h2-3,12,17H,4-11H2,1H3. The first kappa shape index (κ1) is 18.6. The van der Waals surface area contributed by atoms with Crippen molar-refractivity contribution in [2.75, 3.05) is 60.0 Å². The van der Waals surface area contributed by atoms with E-state index in [1.54, 1.807) is 7.11 Å². The first-order valence-corrected chi connectivity index (χ1v) is 7.07. The highest BCUT2D eigenvalue weighted by atomic mass is 19.1. The third-order valence-corrected chi connectivity index (χ3v) is 2.59. The lowest BCUT2D eigenvalue weighted by molar-refractivity contribution is 0.000152. The van der Waals surface area contributed by atoms with Crippen LogP contribution in [0, 0.1) is 5.82 Å². The highest BCUT2D eigenvalue weighted by molar-refractivity contribution is 5.31. The Morgan fingerprint density at radius 2 is 1.41 bits per heavy atom. The lowest BCUT2D eigenvalue weighted by Gasteiger charge is -2.08. The molecule has 0 saturated carbocycles. The van der Waals surface area contributed by atoms with Crippen molar-refractivity contribution in [1.82, 2.24) is 0 Å². The van der Waals surface area contributed by atoms with Gasteiger partial charge in [0, 0.05) is 13.2 Å². The van der Waals surface area contributed by atoms with Gasteiger partial charge in [-0.15, -0.1) is 0 Å². The monoisotopic (exact) mass is 318 g/mol. The molecular weight excluding hydrogens is 295 g/mol. The molecule has 1 N–H and O–H groups in total. The molecule has 0 aromatic heterocycles. The minimum atomic E-state index is -0.709. The maximum absolute atomic E-state index is 13.0. The molecular formula is C15H23FO6. The highest BCUT2D eigenvalue weighted by Gasteiger charge is 2.02. The second-order valence-corrected chi connectivity index (χ2v) is 4.29. The SMILES string of the molecule is COCCOCCOCCOCCOc1ccc(O)c(F)c1. The van der Waals surface area contributed by atoms with Crippen LogP contribution >= 0.6 is 0 Å². The van der Waals surface area contributed by atoms with Gasteiger partial charge in [-0.05, 0) is 12.1 Å². The Morgan fingerprint density at radius 1 is 0.864 bits per heavy atom. The Bertz CT molecular complexity index is 402. The zero-order chi connectivity index (χ0) is 16.0. The number of methoxy groups -OCH3 is 1. The van der Waals surface area contributed by atoms with Crippen LogP contribution in [0.25, 0.3) is 0 Å². The number of phenols is 1. The van der Waals surface area contributed by atoms with E-state index in [9.17, 15) is 4.39 Å². The summed E-state index contributed by atoms with van der Waals surface area (Å²) in [5.41, 5.74) is 0. The van der Waals surface area contributed by atoms with E-state index >= 15 is 0 Å². The zero-order valence-corrected chi connectivity index (χ0v) is 12.8. The number of benzene rings is 1. The second kappa shape index (κ2) is 12.2. The van der Waals surface area contributed by atoms with Crippen molar-refractivity contribution in [2.45, 2.75) is 0 Å². The van der Waals surface area contributed by atoms with Crippen LogP contribution in [-0.4, -0.2) is 65.1 Å². The van der Waals surface area contributed by atoms with Crippen molar-refractivity contribution in [3.05, 3.63) is 24.0 Å². The summed E-state index contributed by atoms with van der Waals surface area (Å²) in [5, 5.41) is 9.03. The molecule has 1 aromatic rings. The first-order chi connectivity index (χ1) is 10.7. The fourth-order valence-corrected chi connectivity index (χ4v) is 1.48. The van der Waals surface area contributed by atoms with Gasteiger partial charge in [0.25, 0.3) is 0 Å². The van der Waals surface area contributed by atoms with Crippen LogP contribution in [0.5, 0.6) is 11.5 Å². The van der Waals surface area contributed by atoms with Crippen LogP contribution in [0.2, 0.25) is 0 Å². The lowest BCUT2D eigenvalue weighted by atomic mass is 10.3. The number of hydrogen-bond donors (Lipinski definition) is 1. The quantitative estimate of drug-likeness (QED) is 0.557. The molecule has 0 aliphatic heterocycles. The molecule has 0 unspecified atom stereocenters. The molecule has 1 rings (SSSR count). The van der Waals surface area contributed by atoms with Gasteiger partial charge in [-0.1, -0.05) is 0 Å². The third-order valence-electron chi connectivity index (χ3n) is 2.59. The summed E-state index contributed by atoms with van der Waals surface area (Å²) in [4.78, 5) is 0. The van der Waals surface area contributed by atoms with Crippen molar-refractivity contribution in [1.29, 1.82) is 0 Å². The smallest absolute Gasteiger partial charge is 0.168 e.